The first-order chi connectivity index (χ1) is 16.9. The Hall–Kier alpha value is -4.02. The number of hydrogen-bond donors (Lipinski definition) is 2. The van der Waals surface area contributed by atoms with Crippen LogP contribution in [0, 0.1) is 6.92 Å². The molecule has 3 aromatic carbocycles. The maximum Gasteiger partial charge on any atom is 0.264 e. The standard InChI is InChI=1S/C25H22N6O2S2/c1-17-24-23(21-10-6-7-11-22(21)35(32,33)30(24)2)29-31(17)20-14-12-18(13-15-20)16-26-28-25(34)27-19-8-4-3-5-9-19/h3-16H,1-2H3,(H2,27,28,34)/b26-16+. The van der Waals surface area contributed by atoms with E-state index < -0.39 is 10.0 Å². The van der Waals surface area contributed by atoms with Crippen LogP contribution in [-0.4, -0.2) is 36.6 Å². The first-order valence-corrected chi connectivity index (χ1v) is 12.6. The molecule has 5 rings (SSSR count). The average molecular weight is 503 g/mol. The van der Waals surface area contributed by atoms with Crippen molar-refractivity contribution in [2.45, 2.75) is 11.8 Å². The minimum absolute atomic E-state index is 0.262. The van der Waals surface area contributed by atoms with Crippen molar-refractivity contribution in [2.75, 3.05) is 16.7 Å². The molecule has 1 aliphatic heterocycles. The van der Waals surface area contributed by atoms with Gasteiger partial charge in [-0.2, -0.15) is 10.2 Å². The molecule has 0 atom stereocenters. The molecule has 176 valence electrons. The predicted molar refractivity (Wildman–Crippen MR) is 143 cm³/mol. The molecule has 0 spiro atoms. The third-order valence-electron chi connectivity index (χ3n) is 5.73. The van der Waals surface area contributed by atoms with Crippen LogP contribution in [-0.2, 0) is 10.0 Å². The van der Waals surface area contributed by atoms with Crippen molar-refractivity contribution in [1.82, 2.24) is 15.2 Å². The smallest absolute Gasteiger partial charge is 0.264 e. The lowest BCUT2D eigenvalue weighted by molar-refractivity contribution is 0.594. The second kappa shape index (κ2) is 8.97. The number of rotatable bonds is 4. The maximum absolute atomic E-state index is 13.0. The van der Waals surface area contributed by atoms with Crippen molar-refractivity contribution < 1.29 is 8.42 Å². The van der Waals surface area contributed by atoms with Gasteiger partial charge in [0.2, 0.25) is 0 Å². The van der Waals surface area contributed by atoms with Gasteiger partial charge in [0, 0.05) is 18.3 Å². The van der Waals surface area contributed by atoms with E-state index in [-0.39, 0.29) is 4.90 Å². The molecule has 2 N–H and O–H groups in total. The Kier molecular flexibility index (Phi) is 5.83. The molecule has 35 heavy (non-hydrogen) atoms. The molecular formula is C25H22N6O2S2. The minimum Gasteiger partial charge on any atom is -0.331 e. The lowest BCUT2D eigenvalue weighted by Gasteiger charge is -2.26. The van der Waals surface area contributed by atoms with E-state index in [1.165, 1.54) is 4.31 Å². The average Bonchev–Trinajstić information content (AvgIpc) is 3.21. The van der Waals surface area contributed by atoms with E-state index in [1.807, 2.05) is 67.6 Å². The summed E-state index contributed by atoms with van der Waals surface area (Å²) in [6.07, 6.45) is 1.67. The van der Waals surface area contributed by atoms with Gasteiger partial charge in [-0.25, -0.2) is 13.1 Å². The van der Waals surface area contributed by atoms with E-state index in [1.54, 1.807) is 36.1 Å². The number of fused-ring (bicyclic) bond motifs is 3. The Labute approximate surface area is 209 Å². The summed E-state index contributed by atoms with van der Waals surface area (Å²) in [7, 11) is -2.07. The normalized spacial score (nSPS) is 13.8. The highest BCUT2D eigenvalue weighted by molar-refractivity contribution is 7.93. The van der Waals surface area contributed by atoms with Gasteiger partial charge in [0.05, 0.1) is 22.5 Å². The second-order valence-electron chi connectivity index (χ2n) is 7.94. The summed E-state index contributed by atoms with van der Waals surface area (Å²) in [5.74, 6) is 0. The fourth-order valence-electron chi connectivity index (χ4n) is 4.01. The van der Waals surface area contributed by atoms with Crippen molar-refractivity contribution >= 4 is 44.9 Å². The van der Waals surface area contributed by atoms with Gasteiger partial charge in [0.25, 0.3) is 10.0 Å². The van der Waals surface area contributed by atoms with Crippen LogP contribution in [0.4, 0.5) is 11.4 Å². The third kappa shape index (κ3) is 4.17. The van der Waals surface area contributed by atoms with Gasteiger partial charge in [-0.05, 0) is 55.0 Å². The van der Waals surface area contributed by atoms with E-state index >= 15 is 0 Å². The molecule has 8 nitrogen and oxygen atoms in total. The lowest BCUT2D eigenvalue weighted by atomic mass is 10.1. The third-order valence-corrected chi connectivity index (χ3v) is 7.74. The van der Waals surface area contributed by atoms with Crippen LogP contribution in [0.1, 0.15) is 11.3 Å². The number of aromatic nitrogens is 2. The number of thiocarbonyl (C=S) groups is 1. The van der Waals surface area contributed by atoms with E-state index in [2.05, 4.69) is 15.8 Å². The van der Waals surface area contributed by atoms with Gasteiger partial charge < -0.3 is 5.32 Å². The fraction of sp³-hybridized carbons (Fsp3) is 0.0800. The number of benzene rings is 3. The highest BCUT2D eigenvalue weighted by Gasteiger charge is 2.36. The summed E-state index contributed by atoms with van der Waals surface area (Å²) >= 11 is 5.25. The molecule has 0 aliphatic carbocycles. The van der Waals surface area contributed by atoms with Gasteiger partial charge in [-0.1, -0.05) is 48.5 Å². The summed E-state index contributed by atoms with van der Waals surface area (Å²) in [5.41, 5.74) is 7.92. The molecule has 1 aliphatic rings. The van der Waals surface area contributed by atoms with Gasteiger partial charge in [0.1, 0.15) is 11.4 Å². The zero-order chi connectivity index (χ0) is 24.6. The second-order valence-corrected chi connectivity index (χ2v) is 10.3. The quantitative estimate of drug-likeness (QED) is 0.246. The zero-order valence-electron chi connectivity index (χ0n) is 19.0. The van der Waals surface area contributed by atoms with Crippen LogP contribution < -0.4 is 15.0 Å². The Morgan fingerprint density at radius 1 is 1.00 bits per heavy atom. The molecule has 10 heteroatoms. The first kappa shape index (κ1) is 22.8. The molecule has 2 heterocycles. The molecule has 0 saturated heterocycles. The lowest BCUT2D eigenvalue weighted by Crippen LogP contribution is -2.30. The molecule has 0 unspecified atom stereocenters. The largest absolute Gasteiger partial charge is 0.331 e. The summed E-state index contributed by atoms with van der Waals surface area (Å²) in [6.45, 7) is 1.87. The van der Waals surface area contributed by atoms with E-state index in [0.717, 1.165) is 22.6 Å². The highest BCUT2D eigenvalue weighted by atomic mass is 32.2. The SMILES string of the molecule is Cc1c2c(nn1-c1ccc(/C=N/NC(=S)Nc3ccccc3)cc1)-c1ccccc1S(=O)(=O)N2C. The Balaban J connectivity index is 1.36. The predicted octanol–water partition coefficient (Wildman–Crippen LogP) is 4.31. The van der Waals surface area contributed by atoms with Gasteiger partial charge in [-0.15, -0.1) is 0 Å². The number of hydrogen-bond acceptors (Lipinski definition) is 5. The minimum atomic E-state index is -3.63. The maximum atomic E-state index is 13.0. The molecule has 0 fully saturated rings. The zero-order valence-corrected chi connectivity index (χ0v) is 20.6. The Morgan fingerprint density at radius 2 is 1.69 bits per heavy atom. The Bertz CT molecular complexity index is 1540. The van der Waals surface area contributed by atoms with Gasteiger partial charge in [0.15, 0.2) is 5.11 Å². The summed E-state index contributed by atoms with van der Waals surface area (Å²) < 4.78 is 29.1. The number of hydrazone groups is 1. The monoisotopic (exact) mass is 502 g/mol. The van der Waals surface area contributed by atoms with Crippen LogP contribution in [0.5, 0.6) is 0 Å². The number of sulfonamides is 1. The number of nitrogens with zero attached hydrogens (tertiary/aromatic N) is 4. The van der Waals surface area contributed by atoms with Crippen molar-refractivity contribution in [3.63, 3.8) is 0 Å². The van der Waals surface area contributed by atoms with Crippen LogP contribution in [0.3, 0.4) is 0 Å². The molecule has 4 aromatic rings. The van der Waals surface area contributed by atoms with E-state index in [0.29, 0.717) is 22.1 Å². The molecule has 0 amide bonds. The first-order valence-electron chi connectivity index (χ1n) is 10.8. The summed E-state index contributed by atoms with van der Waals surface area (Å²) in [4.78, 5) is 0.262. The van der Waals surface area contributed by atoms with Crippen molar-refractivity contribution in [3.05, 3.63) is 90.1 Å². The summed E-state index contributed by atoms with van der Waals surface area (Å²) in [5, 5.41) is 12.4. The van der Waals surface area contributed by atoms with Crippen molar-refractivity contribution in [1.29, 1.82) is 0 Å². The summed E-state index contributed by atoms with van der Waals surface area (Å²) in [6, 6.07) is 24.2. The van der Waals surface area contributed by atoms with Crippen molar-refractivity contribution in [3.8, 4) is 16.9 Å². The van der Waals surface area contributed by atoms with Crippen LogP contribution >= 0.6 is 12.2 Å². The van der Waals surface area contributed by atoms with Gasteiger partial charge in [-0.3, -0.25) is 9.73 Å². The van der Waals surface area contributed by atoms with Crippen molar-refractivity contribution in [2.24, 2.45) is 5.10 Å². The Morgan fingerprint density at radius 3 is 2.43 bits per heavy atom. The molecular weight excluding hydrogens is 480 g/mol. The highest BCUT2D eigenvalue weighted by Crippen LogP contribution is 2.43. The van der Waals surface area contributed by atoms with Gasteiger partial charge >= 0.3 is 0 Å². The fourth-order valence-corrected chi connectivity index (χ4v) is 5.62. The number of para-hydroxylation sites is 1. The van der Waals surface area contributed by atoms with Crippen LogP contribution in [0.25, 0.3) is 16.9 Å². The van der Waals surface area contributed by atoms with E-state index in [9.17, 15) is 8.42 Å². The molecule has 0 bridgehead atoms. The topological polar surface area (TPSA) is 91.6 Å². The molecule has 1 aromatic heterocycles. The number of nitrogens with one attached hydrogen (secondary N) is 2. The molecule has 0 saturated carbocycles. The van der Waals surface area contributed by atoms with Crippen LogP contribution in [0.2, 0.25) is 0 Å². The molecule has 0 radical (unpaired) electrons. The van der Waals surface area contributed by atoms with Crippen LogP contribution in [0.15, 0.2) is 88.9 Å². The number of anilines is 2. The van der Waals surface area contributed by atoms with E-state index in [4.69, 9.17) is 17.3 Å².